The molecule has 0 N–H and O–H groups in total. The number of rotatable bonds is 6. The van der Waals surface area contributed by atoms with Crippen molar-refractivity contribution in [3.8, 4) is 0 Å². The fourth-order valence-electron chi connectivity index (χ4n) is 2.41. The molecule has 5 nitrogen and oxygen atoms in total. The van der Waals surface area contributed by atoms with E-state index in [4.69, 9.17) is 4.74 Å². The number of nitrogens with zero attached hydrogens (tertiary/aromatic N) is 2. The van der Waals surface area contributed by atoms with Crippen molar-refractivity contribution in [2.24, 2.45) is 4.99 Å². The van der Waals surface area contributed by atoms with Gasteiger partial charge < -0.3 is 9.30 Å². The second kappa shape index (κ2) is 9.34. The van der Waals surface area contributed by atoms with Crippen LogP contribution >= 0.6 is 39.0 Å². The lowest BCUT2D eigenvalue weighted by atomic mass is 10.3. The SMILES string of the molecule is COC(=O)Cn1c(=NC(=O)CCSc2ccccc2)sc2cc(Br)ccc21. The van der Waals surface area contributed by atoms with E-state index in [1.54, 1.807) is 16.3 Å². The van der Waals surface area contributed by atoms with Crippen LogP contribution in [0.5, 0.6) is 0 Å². The van der Waals surface area contributed by atoms with Gasteiger partial charge in [-0.25, -0.2) is 0 Å². The summed E-state index contributed by atoms with van der Waals surface area (Å²) < 4.78 is 8.37. The fraction of sp³-hybridized carbons (Fsp3) is 0.211. The monoisotopic (exact) mass is 464 g/mol. The molecule has 0 aliphatic rings. The second-order valence-electron chi connectivity index (χ2n) is 5.58. The van der Waals surface area contributed by atoms with E-state index >= 15 is 0 Å². The maximum atomic E-state index is 12.3. The number of esters is 1. The number of hydrogen-bond donors (Lipinski definition) is 0. The van der Waals surface area contributed by atoms with Gasteiger partial charge in [0, 0.05) is 21.5 Å². The Bertz CT molecular complexity index is 1030. The van der Waals surface area contributed by atoms with Crippen LogP contribution < -0.4 is 4.80 Å². The summed E-state index contributed by atoms with van der Waals surface area (Å²) >= 11 is 6.44. The number of thiazole rings is 1. The molecule has 0 radical (unpaired) electrons. The molecule has 0 aliphatic carbocycles. The maximum absolute atomic E-state index is 12.3. The number of hydrogen-bond acceptors (Lipinski definition) is 5. The zero-order chi connectivity index (χ0) is 19.2. The predicted molar refractivity (Wildman–Crippen MR) is 112 cm³/mol. The summed E-state index contributed by atoms with van der Waals surface area (Å²) in [6.45, 7) is 0.0169. The standard InChI is InChI=1S/C19H17BrN2O3S2/c1-25-18(24)12-22-15-8-7-13(20)11-16(15)27-19(22)21-17(23)9-10-26-14-5-3-2-4-6-14/h2-8,11H,9-10,12H2,1H3. The molecule has 8 heteroatoms. The first-order chi connectivity index (χ1) is 13.1. The molecule has 0 atom stereocenters. The molecule has 27 heavy (non-hydrogen) atoms. The van der Waals surface area contributed by atoms with Crippen molar-refractivity contribution in [1.82, 2.24) is 4.57 Å². The van der Waals surface area contributed by atoms with Crippen LogP contribution in [-0.4, -0.2) is 29.3 Å². The molecule has 1 heterocycles. The molecular weight excluding hydrogens is 448 g/mol. The number of methoxy groups -OCH3 is 1. The van der Waals surface area contributed by atoms with E-state index in [1.807, 2.05) is 48.5 Å². The van der Waals surface area contributed by atoms with E-state index in [-0.39, 0.29) is 18.4 Å². The third-order valence-corrected chi connectivity index (χ3v) is 6.26. The van der Waals surface area contributed by atoms with Crippen molar-refractivity contribution in [3.63, 3.8) is 0 Å². The molecule has 0 unspecified atom stereocenters. The van der Waals surface area contributed by atoms with E-state index in [2.05, 4.69) is 20.9 Å². The van der Waals surface area contributed by atoms with Crippen LogP contribution in [0.4, 0.5) is 0 Å². The highest BCUT2D eigenvalue weighted by atomic mass is 79.9. The summed E-state index contributed by atoms with van der Waals surface area (Å²) in [4.78, 5) is 30.0. The topological polar surface area (TPSA) is 60.7 Å². The molecule has 0 saturated carbocycles. The molecule has 140 valence electrons. The van der Waals surface area contributed by atoms with E-state index in [9.17, 15) is 9.59 Å². The van der Waals surface area contributed by atoms with Gasteiger partial charge in [-0.05, 0) is 30.3 Å². The molecule has 1 aromatic heterocycles. The van der Waals surface area contributed by atoms with Crippen molar-refractivity contribution < 1.29 is 14.3 Å². The van der Waals surface area contributed by atoms with Gasteiger partial charge in [-0.1, -0.05) is 45.5 Å². The highest BCUT2D eigenvalue weighted by Crippen LogP contribution is 2.22. The molecule has 2 aromatic carbocycles. The number of benzene rings is 2. The molecular formula is C19H17BrN2O3S2. The summed E-state index contributed by atoms with van der Waals surface area (Å²) in [5, 5.41) is 0. The highest BCUT2D eigenvalue weighted by Gasteiger charge is 2.12. The van der Waals surface area contributed by atoms with E-state index in [1.165, 1.54) is 18.4 Å². The summed E-state index contributed by atoms with van der Waals surface area (Å²) in [6, 6.07) is 15.7. The smallest absolute Gasteiger partial charge is 0.325 e. The predicted octanol–water partition coefficient (Wildman–Crippen LogP) is 4.25. The summed E-state index contributed by atoms with van der Waals surface area (Å²) in [7, 11) is 1.34. The van der Waals surface area contributed by atoms with Crippen molar-refractivity contribution in [2.45, 2.75) is 17.9 Å². The van der Waals surface area contributed by atoms with E-state index in [0.717, 1.165) is 19.6 Å². The number of carbonyl (C=O) groups excluding carboxylic acids is 2. The quantitative estimate of drug-likeness (QED) is 0.404. The third kappa shape index (κ3) is 5.31. The normalized spacial score (nSPS) is 11.7. The van der Waals surface area contributed by atoms with Gasteiger partial charge in [0.15, 0.2) is 4.80 Å². The number of fused-ring (bicyclic) bond motifs is 1. The highest BCUT2D eigenvalue weighted by molar-refractivity contribution is 9.10. The Balaban J connectivity index is 1.81. The molecule has 3 rings (SSSR count). The Kier molecular flexibility index (Phi) is 6.87. The molecule has 0 fully saturated rings. The number of amides is 1. The zero-order valence-corrected chi connectivity index (χ0v) is 17.8. The fourth-order valence-corrected chi connectivity index (χ4v) is 4.87. The molecule has 3 aromatic rings. The van der Waals surface area contributed by atoms with E-state index in [0.29, 0.717) is 17.0 Å². The molecule has 0 aliphatic heterocycles. The lowest BCUT2D eigenvalue weighted by Crippen LogP contribution is -2.22. The second-order valence-corrected chi connectivity index (χ2v) is 8.67. The van der Waals surface area contributed by atoms with Crippen molar-refractivity contribution in [3.05, 3.63) is 57.8 Å². The Morgan fingerprint density at radius 2 is 2.00 bits per heavy atom. The summed E-state index contributed by atoms with van der Waals surface area (Å²) in [5.74, 6) is 0.0635. The molecule has 1 amide bonds. The third-order valence-electron chi connectivity index (χ3n) is 3.71. The maximum Gasteiger partial charge on any atom is 0.325 e. The first-order valence-electron chi connectivity index (χ1n) is 8.18. The molecule has 0 saturated heterocycles. The summed E-state index contributed by atoms with van der Waals surface area (Å²) in [5.41, 5.74) is 0.846. The van der Waals surface area contributed by atoms with E-state index < -0.39 is 0 Å². The van der Waals surface area contributed by atoms with Crippen LogP contribution in [0.3, 0.4) is 0 Å². The van der Waals surface area contributed by atoms with Crippen LogP contribution in [0.15, 0.2) is 62.9 Å². The van der Waals surface area contributed by atoms with Gasteiger partial charge in [0.25, 0.3) is 0 Å². The number of aromatic nitrogens is 1. The minimum Gasteiger partial charge on any atom is -0.468 e. The van der Waals surface area contributed by atoms with Crippen LogP contribution in [0.25, 0.3) is 10.2 Å². The van der Waals surface area contributed by atoms with Gasteiger partial charge in [0.1, 0.15) is 6.54 Å². The van der Waals surface area contributed by atoms with Gasteiger partial charge in [0.2, 0.25) is 5.91 Å². The minimum absolute atomic E-state index is 0.0169. The van der Waals surface area contributed by atoms with Gasteiger partial charge >= 0.3 is 5.97 Å². The van der Waals surface area contributed by atoms with Crippen molar-refractivity contribution >= 4 is 61.1 Å². The number of thioether (sulfide) groups is 1. The first-order valence-corrected chi connectivity index (χ1v) is 10.8. The number of carbonyl (C=O) groups is 2. The molecule has 0 spiro atoms. The van der Waals surface area contributed by atoms with Crippen LogP contribution in [-0.2, 0) is 20.9 Å². The van der Waals surface area contributed by atoms with Crippen LogP contribution in [0, 0.1) is 0 Å². The van der Waals surface area contributed by atoms with Crippen LogP contribution in [0.2, 0.25) is 0 Å². The number of ether oxygens (including phenoxy) is 1. The Hall–Kier alpha value is -1.90. The van der Waals surface area contributed by atoms with Crippen LogP contribution in [0.1, 0.15) is 6.42 Å². The minimum atomic E-state index is -0.383. The number of halogens is 1. The molecule has 0 bridgehead atoms. The van der Waals surface area contributed by atoms with Gasteiger partial charge in [-0.3, -0.25) is 9.59 Å². The zero-order valence-electron chi connectivity index (χ0n) is 14.6. The average Bonchev–Trinajstić information content (AvgIpc) is 2.98. The Labute approximate surface area is 173 Å². The van der Waals surface area contributed by atoms with Gasteiger partial charge in [-0.2, -0.15) is 4.99 Å². The lowest BCUT2D eigenvalue weighted by molar-refractivity contribution is -0.141. The lowest BCUT2D eigenvalue weighted by Gasteiger charge is -2.03. The van der Waals surface area contributed by atoms with Gasteiger partial charge in [0.05, 0.1) is 17.3 Å². The Morgan fingerprint density at radius 1 is 1.22 bits per heavy atom. The van der Waals surface area contributed by atoms with Gasteiger partial charge in [-0.15, -0.1) is 11.8 Å². The summed E-state index contributed by atoms with van der Waals surface area (Å²) in [6.07, 6.45) is 0.329. The Morgan fingerprint density at radius 3 is 2.74 bits per heavy atom. The largest absolute Gasteiger partial charge is 0.468 e. The van der Waals surface area contributed by atoms with Crippen molar-refractivity contribution in [1.29, 1.82) is 0 Å². The van der Waals surface area contributed by atoms with Crippen molar-refractivity contribution in [2.75, 3.05) is 12.9 Å². The first kappa shape index (κ1) is 19.9. The average molecular weight is 465 g/mol.